The summed E-state index contributed by atoms with van der Waals surface area (Å²) in [7, 11) is 0. The fraction of sp³-hybridized carbons (Fsp3) is 0.355. The van der Waals surface area contributed by atoms with E-state index in [-0.39, 0.29) is 24.1 Å². The number of hydrogen-bond donors (Lipinski definition) is 1. The molecule has 0 atom stereocenters. The third-order valence-electron chi connectivity index (χ3n) is 7.95. The van der Waals surface area contributed by atoms with E-state index in [1.807, 2.05) is 11.8 Å². The van der Waals surface area contributed by atoms with E-state index in [1.165, 1.54) is 6.20 Å². The van der Waals surface area contributed by atoms with Gasteiger partial charge in [-0.3, -0.25) is 19.3 Å². The molecule has 1 aliphatic rings. The average molecular weight is 645 g/mol. The summed E-state index contributed by atoms with van der Waals surface area (Å²) in [5, 5.41) is 20.5. The van der Waals surface area contributed by atoms with Crippen molar-refractivity contribution in [3.05, 3.63) is 76.3 Å². The third kappa shape index (κ3) is 6.53. The first kappa shape index (κ1) is 31.0. The normalized spacial score (nSPS) is 13.8. The number of Topliss-reactive ketones (excluding diaryl/α,β-unsaturated/α-hetero) is 1. The molecule has 0 aliphatic carbocycles. The number of aryl methyl sites for hydroxylation is 1. The molecule has 0 saturated carbocycles. The first-order valence-corrected chi connectivity index (χ1v) is 15.4. The molecule has 46 heavy (non-hydrogen) atoms. The van der Waals surface area contributed by atoms with E-state index in [1.54, 1.807) is 59.6 Å². The first-order valence-electron chi connectivity index (χ1n) is 15.0. The number of anilines is 1. The summed E-state index contributed by atoms with van der Waals surface area (Å²) in [6.07, 6.45) is 4.39. The van der Waals surface area contributed by atoms with E-state index in [9.17, 15) is 14.4 Å². The summed E-state index contributed by atoms with van der Waals surface area (Å²) in [5.74, 6) is 1.35. The van der Waals surface area contributed by atoms with Gasteiger partial charge in [0.2, 0.25) is 11.8 Å². The molecule has 238 valence electrons. The lowest BCUT2D eigenvalue weighted by Gasteiger charge is -2.34. The van der Waals surface area contributed by atoms with Crippen molar-refractivity contribution in [3.8, 4) is 5.82 Å². The number of amides is 2. The standard InChI is InChI=1S/C31H33ClN10O4/c1-4-5-26(43)23-15-33-42(19(23)2)29-9-8-27(36-37-29)35-31(45)24-16-41(25-7-6-21(32)14-22(24)25)18-30(44)40-12-10-39(11-13-40)17-28-34-20(3)46-38-28/h6-9,14-16H,4-5,10-13,17-18H2,1-3H3,(H,35,36,45). The Labute approximate surface area is 269 Å². The molecule has 0 spiro atoms. The number of carbonyl (C=O) groups excluding carboxylic acids is 3. The molecule has 0 radical (unpaired) electrons. The van der Waals surface area contributed by atoms with E-state index < -0.39 is 5.91 Å². The van der Waals surface area contributed by atoms with Crippen molar-refractivity contribution in [2.24, 2.45) is 0 Å². The van der Waals surface area contributed by atoms with Crippen LogP contribution in [0.5, 0.6) is 0 Å². The number of piperazine rings is 1. The van der Waals surface area contributed by atoms with Crippen molar-refractivity contribution in [2.45, 2.75) is 46.7 Å². The van der Waals surface area contributed by atoms with Crippen LogP contribution in [-0.2, 0) is 17.9 Å². The zero-order valence-electron chi connectivity index (χ0n) is 25.7. The van der Waals surface area contributed by atoms with Crippen molar-refractivity contribution in [1.29, 1.82) is 0 Å². The van der Waals surface area contributed by atoms with E-state index in [0.717, 1.165) is 6.42 Å². The van der Waals surface area contributed by atoms with Gasteiger partial charge in [-0.1, -0.05) is 23.7 Å². The molecule has 6 rings (SSSR count). The lowest BCUT2D eigenvalue weighted by molar-refractivity contribution is -0.133. The predicted molar refractivity (Wildman–Crippen MR) is 169 cm³/mol. The predicted octanol–water partition coefficient (Wildman–Crippen LogP) is 3.85. The Morgan fingerprint density at radius 2 is 1.83 bits per heavy atom. The van der Waals surface area contributed by atoms with E-state index >= 15 is 0 Å². The second kappa shape index (κ2) is 13.2. The van der Waals surface area contributed by atoms with Crippen LogP contribution in [0.25, 0.3) is 16.7 Å². The number of aromatic nitrogens is 7. The van der Waals surface area contributed by atoms with Crippen molar-refractivity contribution < 1.29 is 18.9 Å². The Morgan fingerprint density at radius 1 is 1.02 bits per heavy atom. The van der Waals surface area contributed by atoms with Crippen LogP contribution < -0.4 is 5.32 Å². The molecule has 0 bridgehead atoms. The van der Waals surface area contributed by atoms with Gasteiger partial charge in [0.05, 0.1) is 29.6 Å². The summed E-state index contributed by atoms with van der Waals surface area (Å²) in [4.78, 5) is 47.4. The lowest BCUT2D eigenvalue weighted by atomic mass is 10.1. The highest BCUT2D eigenvalue weighted by atomic mass is 35.5. The average Bonchev–Trinajstić information content (AvgIpc) is 3.74. The van der Waals surface area contributed by atoms with E-state index in [4.69, 9.17) is 16.1 Å². The summed E-state index contributed by atoms with van der Waals surface area (Å²) < 4.78 is 8.37. The molecule has 1 fully saturated rings. The van der Waals surface area contributed by atoms with Crippen LogP contribution in [0, 0.1) is 13.8 Å². The van der Waals surface area contributed by atoms with Gasteiger partial charge in [0.1, 0.15) is 6.54 Å². The van der Waals surface area contributed by atoms with Gasteiger partial charge in [0.25, 0.3) is 5.91 Å². The number of fused-ring (bicyclic) bond motifs is 1. The zero-order valence-corrected chi connectivity index (χ0v) is 26.5. The van der Waals surface area contributed by atoms with Gasteiger partial charge in [-0.15, -0.1) is 10.2 Å². The van der Waals surface area contributed by atoms with Crippen LogP contribution in [0.3, 0.4) is 0 Å². The van der Waals surface area contributed by atoms with Crippen LogP contribution >= 0.6 is 11.6 Å². The number of halogens is 1. The highest BCUT2D eigenvalue weighted by Gasteiger charge is 2.24. The maximum Gasteiger partial charge on any atom is 0.259 e. The molecule has 14 nitrogen and oxygen atoms in total. The van der Waals surface area contributed by atoms with Crippen LogP contribution in [0.15, 0.2) is 47.2 Å². The number of nitrogens with zero attached hydrogens (tertiary/aromatic N) is 9. The number of rotatable bonds is 10. The summed E-state index contributed by atoms with van der Waals surface area (Å²) in [5.41, 5.74) is 2.27. The van der Waals surface area contributed by atoms with Crippen molar-refractivity contribution in [1.82, 2.24) is 44.5 Å². The summed E-state index contributed by atoms with van der Waals surface area (Å²) >= 11 is 6.31. The molecule has 1 aliphatic heterocycles. The number of carbonyl (C=O) groups is 3. The Hall–Kier alpha value is -4.95. The Bertz CT molecular complexity index is 1900. The van der Waals surface area contributed by atoms with Gasteiger partial charge in [-0.25, -0.2) is 4.68 Å². The zero-order chi connectivity index (χ0) is 32.4. The van der Waals surface area contributed by atoms with Gasteiger partial charge >= 0.3 is 0 Å². The van der Waals surface area contributed by atoms with E-state index in [2.05, 4.69) is 35.7 Å². The molecule has 5 heterocycles. The second-order valence-corrected chi connectivity index (χ2v) is 11.6. The number of ketones is 1. The minimum absolute atomic E-state index is 0.0265. The van der Waals surface area contributed by atoms with Gasteiger partial charge in [0.15, 0.2) is 23.2 Å². The van der Waals surface area contributed by atoms with Gasteiger partial charge in [0, 0.05) is 61.6 Å². The molecule has 0 unspecified atom stereocenters. The SMILES string of the molecule is CCCC(=O)c1cnn(-c2ccc(NC(=O)c3cn(CC(=O)N4CCN(Cc5noc(C)n5)CC4)c4ccc(Cl)cc34)nn2)c1C. The largest absolute Gasteiger partial charge is 0.340 e. The van der Waals surface area contributed by atoms with Crippen LogP contribution in [0.1, 0.15) is 57.9 Å². The quantitative estimate of drug-likeness (QED) is 0.221. The number of nitrogens with one attached hydrogen (secondary N) is 1. The maximum absolute atomic E-state index is 13.5. The molecule has 15 heteroatoms. The van der Waals surface area contributed by atoms with Crippen LogP contribution in [0.4, 0.5) is 5.82 Å². The molecule has 1 N–H and O–H groups in total. The summed E-state index contributed by atoms with van der Waals surface area (Å²) in [6, 6.07) is 8.52. The van der Waals surface area contributed by atoms with Gasteiger partial charge in [-0.05, 0) is 43.7 Å². The van der Waals surface area contributed by atoms with Crippen molar-refractivity contribution in [2.75, 3.05) is 31.5 Å². The van der Waals surface area contributed by atoms with E-state index in [0.29, 0.717) is 89.4 Å². The van der Waals surface area contributed by atoms with Crippen molar-refractivity contribution in [3.63, 3.8) is 0 Å². The minimum Gasteiger partial charge on any atom is -0.340 e. The number of benzene rings is 1. The topological polar surface area (TPSA) is 157 Å². The minimum atomic E-state index is -0.423. The summed E-state index contributed by atoms with van der Waals surface area (Å²) in [6.45, 7) is 8.65. The van der Waals surface area contributed by atoms with Crippen LogP contribution in [-0.4, -0.2) is 88.3 Å². The third-order valence-corrected chi connectivity index (χ3v) is 8.18. The Balaban J connectivity index is 1.13. The molecule has 2 amide bonds. The monoisotopic (exact) mass is 644 g/mol. The Morgan fingerprint density at radius 3 is 2.52 bits per heavy atom. The fourth-order valence-corrected chi connectivity index (χ4v) is 5.72. The van der Waals surface area contributed by atoms with Gasteiger partial charge in [-0.2, -0.15) is 10.1 Å². The molecule has 1 aromatic carbocycles. The maximum atomic E-state index is 13.5. The smallest absolute Gasteiger partial charge is 0.259 e. The van der Waals surface area contributed by atoms with Crippen LogP contribution in [0.2, 0.25) is 5.02 Å². The molecular weight excluding hydrogens is 612 g/mol. The number of hydrogen-bond acceptors (Lipinski definition) is 10. The van der Waals surface area contributed by atoms with Gasteiger partial charge < -0.3 is 19.3 Å². The van der Waals surface area contributed by atoms with Crippen molar-refractivity contribution >= 4 is 45.9 Å². The molecular formula is C31H33ClN10O4. The highest BCUT2D eigenvalue weighted by molar-refractivity contribution is 6.31. The molecule has 1 saturated heterocycles. The molecule has 4 aromatic heterocycles. The molecule has 5 aromatic rings. The highest BCUT2D eigenvalue weighted by Crippen LogP contribution is 2.26. The Kier molecular flexibility index (Phi) is 8.90. The lowest BCUT2D eigenvalue weighted by Crippen LogP contribution is -2.49. The second-order valence-electron chi connectivity index (χ2n) is 11.2. The first-order chi connectivity index (χ1) is 22.2. The fourth-order valence-electron chi connectivity index (χ4n) is 5.55.